The third-order valence-corrected chi connectivity index (χ3v) is 7.69. The van der Waals surface area contributed by atoms with E-state index in [4.69, 9.17) is 0 Å². The quantitative estimate of drug-likeness (QED) is 0.661. The van der Waals surface area contributed by atoms with Gasteiger partial charge in [-0.3, -0.25) is 9.59 Å². The summed E-state index contributed by atoms with van der Waals surface area (Å²) >= 11 is 1.63. The zero-order chi connectivity index (χ0) is 19.5. The van der Waals surface area contributed by atoms with Gasteiger partial charge in [0.15, 0.2) is 0 Å². The van der Waals surface area contributed by atoms with Gasteiger partial charge in [-0.05, 0) is 37.5 Å². The van der Waals surface area contributed by atoms with E-state index in [9.17, 15) is 9.59 Å². The number of piperidine rings is 1. The molecule has 0 radical (unpaired) electrons. The molecule has 4 heterocycles. The van der Waals surface area contributed by atoms with Crippen LogP contribution in [0.2, 0.25) is 0 Å². The maximum absolute atomic E-state index is 13.1. The van der Waals surface area contributed by atoms with Gasteiger partial charge in [-0.2, -0.15) is 0 Å². The highest BCUT2D eigenvalue weighted by molar-refractivity contribution is 7.17. The van der Waals surface area contributed by atoms with Crippen molar-refractivity contribution in [3.8, 4) is 0 Å². The second kappa shape index (κ2) is 6.46. The summed E-state index contributed by atoms with van der Waals surface area (Å²) in [5, 5.41) is 3.05. The minimum atomic E-state index is 0.145. The number of benzene rings is 1. The highest BCUT2D eigenvalue weighted by Crippen LogP contribution is 2.38. The van der Waals surface area contributed by atoms with E-state index in [1.807, 2.05) is 51.7 Å². The van der Waals surface area contributed by atoms with Gasteiger partial charge in [0.05, 0.1) is 5.56 Å². The van der Waals surface area contributed by atoms with Crippen molar-refractivity contribution in [1.82, 2.24) is 14.4 Å². The number of nitrogens with zero attached hydrogens (tertiary/aromatic N) is 3. The van der Waals surface area contributed by atoms with Crippen molar-refractivity contribution in [2.75, 3.05) is 19.6 Å². The molecule has 2 saturated heterocycles. The van der Waals surface area contributed by atoms with Crippen LogP contribution in [0.15, 0.2) is 48.0 Å². The van der Waals surface area contributed by atoms with Gasteiger partial charge < -0.3 is 14.4 Å². The summed E-state index contributed by atoms with van der Waals surface area (Å²) in [5.74, 6) is 0.686. The molecule has 1 saturated carbocycles. The molecule has 0 bridgehead atoms. The molecule has 6 rings (SSSR count). The van der Waals surface area contributed by atoms with Crippen molar-refractivity contribution in [3.05, 3.63) is 59.2 Å². The molecule has 29 heavy (non-hydrogen) atoms. The molecule has 0 unspecified atom stereocenters. The molecule has 2 amide bonds. The van der Waals surface area contributed by atoms with Gasteiger partial charge in [0, 0.05) is 59.3 Å². The summed E-state index contributed by atoms with van der Waals surface area (Å²) in [6.45, 7) is 2.23. The Kier molecular flexibility index (Phi) is 3.85. The van der Waals surface area contributed by atoms with Crippen LogP contribution in [-0.4, -0.2) is 51.9 Å². The SMILES string of the molecule is O=C(c1cccn1C1CC1)N1CC[C@H]2[C@@H](C1)CN2C(=O)c1csc2ccccc12. The molecule has 2 aliphatic heterocycles. The lowest BCUT2D eigenvalue weighted by Crippen LogP contribution is -2.65. The number of hydrogen-bond acceptors (Lipinski definition) is 3. The largest absolute Gasteiger partial charge is 0.340 e. The van der Waals surface area contributed by atoms with Crippen LogP contribution in [0.1, 0.15) is 46.2 Å². The monoisotopic (exact) mass is 405 g/mol. The van der Waals surface area contributed by atoms with Gasteiger partial charge in [0.2, 0.25) is 0 Å². The summed E-state index contributed by atoms with van der Waals surface area (Å²) in [4.78, 5) is 30.2. The predicted octanol–water partition coefficient (Wildman–Crippen LogP) is 4.02. The van der Waals surface area contributed by atoms with Gasteiger partial charge in [0.1, 0.15) is 5.69 Å². The number of hydrogen-bond donors (Lipinski definition) is 0. The molecule has 148 valence electrons. The van der Waals surface area contributed by atoms with E-state index in [1.165, 1.54) is 12.8 Å². The Labute approximate surface area is 173 Å². The van der Waals surface area contributed by atoms with Crippen LogP contribution in [0.4, 0.5) is 0 Å². The second-order valence-electron chi connectivity index (χ2n) is 8.50. The lowest BCUT2D eigenvalue weighted by molar-refractivity contribution is -0.0226. The lowest BCUT2D eigenvalue weighted by atomic mass is 9.82. The smallest absolute Gasteiger partial charge is 0.270 e. The number of amides is 2. The summed E-state index contributed by atoms with van der Waals surface area (Å²) in [5.41, 5.74) is 1.65. The highest BCUT2D eigenvalue weighted by Gasteiger charge is 2.46. The minimum absolute atomic E-state index is 0.145. The number of likely N-dealkylation sites (tertiary alicyclic amines) is 2. The Morgan fingerprint density at radius 3 is 2.66 bits per heavy atom. The van der Waals surface area contributed by atoms with Crippen LogP contribution in [0, 0.1) is 5.92 Å². The fourth-order valence-electron chi connectivity index (χ4n) is 4.98. The van der Waals surface area contributed by atoms with Crippen molar-refractivity contribution in [3.63, 3.8) is 0 Å². The first-order chi connectivity index (χ1) is 14.2. The Morgan fingerprint density at radius 1 is 0.966 bits per heavy atom. The molecule has 5 nitrogen and oxygen atoms in total. The Hall–Kier alpha value is -2.60. The van der Waals surface area contributed by atoms with Crippen molar-refractivity contribution < 1.29 is 9.59 Å². The van der Waals surface area contributed by atoms with Crippen LogP contribution >= 0.6 is 11.3 Å². The second-order valence-corrected chi connectivity index (χ2v) is 9.41. The molecule has 3 fully saturated rings. The number of carbonyl (C=O) groups is 2. The first-order valence-electron chi connectivity index (χ1n) is 10.4. The number of fused-ring (bicyclic) bond motifs is 2. The van der Waals surface area contributed by atoms with Gasteiger partial charge in [0.25, 0.3) is 11.8 Å². The van der Waals surface area contributed by atoms with Gasteiger partial charge >= 0.3 is 0 Å². The van der Waals surface area contributed by atoms with Crippen molar-refractivity contribution in [2.45, 2.75) is 31.3 Å². The molecule has 3 aromatic rings. The van der Waals surface area contributed by atoms with E-state index in [0.29, 0.717) is 12.0 Å². The lowest BCUT2D eigenvalue weighted by Gasteiger charge is -2.53. The standard InChI is InChI=1S/C23H23N3O2S/c27-22(18-14-29-21-6-2-1-4-17(18)21)26-13-15-12-24(11-9-19(15)26)23(28)20-5-3-10-25(20)16-7-8-16/h1-6,10,14-16,19H,7-9,11-13H2/t15-,19-/m0/s1. The third-order valence-electron chi connectivity index (χ3n) is 6.72. The Morgan fingerprint density at radius 2 is 1.83 bits per heavy atom. The van der Waals surface area contributed by atoms with E-state index in [-0.39, 0.29) is 17.9 Å². The molecule has 1 aromatic carbocycles. The minimum Gasteiger partial charge on any atom is -0.340 e. The molecular formula is C23H23N3O2S. The molecule has 3 aliphatic rings. The fraction of sp³-hybridized carbons (Fsp3) is 0.391. The number of rotatable bonds is 3. The number of carbonyl (C=O) groups excluding carboxylic acids is 2. The molecule has 0 N–H and O–H groups in total. The van der Waals surface area contributed by atoms with Gasteiger partial charge in [-0.1, -0.05) is 18.2 Å². The first kappa shape index (κ1) is 17.3. The molecule has 1 aliphatic carbocycles. The Balaban J connectivity index is 1.15. The van der Waals surface area contributed by atoms with Gasteiger partial charge in [-0.15, -0.1) is 11.3 Å². The van der Waals surface area contributed by atoms with Crippen LogP contribution in [-0.2, 0) is 0 Å². The van der Waals surface area contributed by atoms with Crippen molar-refractivity contribution >= 4 is 33.2 Å². The third kappa shape index (κ3) is 2.73. The van der Waals surface area contributed by atoms with E-state index in [0.717, 1.165) is 47.4 Å². The molecule has 2 aromatic heterocycles. The van der Waals surface area contributed by atoms with Gasteiger partial charge in [-0.25, -0.2) is 0 Å². The molecule has 6 heteroatoms. The summed E-state index contributed by atoms with van der Waals surface area (Å²) < 4.78 is 3.30. The number of thiophene rings is 1. The van der Waals surface area contributed by atoms with E-state index in [1.54, 1.807) is 11.3 Å². The number of aromatic nitrogens is 1. The summed E-state index contributed by atoms with van der Waals surface area (Å²) in [6.07, 6.45) is 5.25. The van der Waals surface area contributed by atoms with Crippen LogP contribution in [0.5, 0.6) is 0 Å². The van der Waals surface area contributed by atoms with E-state index >= 15 is 0 Å². The first-order valence-corrected chi connectivity index (χ1v) is 11.3. The normalized spacial score (nSPS) is 23.7. The van der Waals surface area contributed by atoms with E-state index < -0.39 is 0 Å². The van der Waals surface area contributed by atoms with Crippen molar-refractivity contribution in [1.29, 1.82) is 0 Å². The Bertz CT molecular complexity index is 1110. The molecule has 2 atom stereocenters. The van der Waals surface area contributed by atoms with Crippen LogP contribution in [0.3, 0.4) is 0 Å². The van der Waals surface area contributed by atoms with Crippen molar-refractivity contribution in [2.24, 2.45) is 5.92 Å². The zero-order valence-corrected chi connectivity index (χ0v) is 17.0. The fourth-order valence-corrected chi connectivity index (χ4v) is 5.92. The maximum Gasteiger partial charge on any atom is 0.270 e. The summed E-state index contributed by atoms with van der Waals surface area (Å²) in [6, 6.07) is 12.8. The molecular weight excluding hydrogens is 382 g/mol. The average molecular weight is 406 g/mol. The topological polar surface area (TPSA) is 45.6 Å². The zero-order valence-electron chi connectivity index (χ0n) is 16.2. The maximum atomic E-state index is 13.1. The van der Waals surface area contributed by atoms with Crippen LogP contribution in [0.25, 0.3) is 10.1 Å². The molecule has 0 spiro atoms. The van der Waals surface area contributed by atoms with E-state index in [2.05, 4.69) is 10.6 Å². The predicted molar refractivity (Wildman–Crippen MR) is 113 cm³/mol. The van der Waals surface area contributed by atoms with Crippen LogP contribution < -0.4 is 0 Å². The highest BCUT2D eigenvalue weighted by atomic mass is 32.1. The summed E-state index contributed by atoms with van der Waals surface area (Å²) in [7, 11) is 0. The average Bonchev–Trinajstić information content (AvgIpc) is 3.29.